The van der Waals surface area contributed by atoms with Gasteiger partial charge in [-0.2, -0.15) is 5.10 Å². The first-order valence-electron chi connectivity index (χ1n) is 9.29. The monoisotopic (exact) mass is 342 g/mol. The number of nitrogens with zero attached hydrogens (tertiary/aromatic N) is 4. The normalized spacial score (nSPS) is 17.3. The zero-order valence-corrected chi connectivity index (χ0v) is 14.8. The van der Waals surface area contributed by atoms with Crippen molar-refractivity contribution in [1.29, 1.82) is 0 Å². The average Bonchev–Trinajstić information content (AvgIpc) is 3.00. The zero-order valence-electron chi connectivity index (χ0n) is 14.8. The molecule has 0 fully saturated rings. The minimum Gasteiger partial charge on any atom is -0.334 e. The van der Waals surface area contributed by atoms with Crippen molar-refractivity contribution in [3.8, 4) is 0 Å². The highest BCUT2D eigenvalue weighted by atomic mass is 16.2. The van der Waals surface area contributed by atoms with Gasteiger partial charge in [-0.15, -0.1) is 0 Å². The number of aryl methyl sites for hydroxylation is 1. The number of H-pyrrole nitrogens is 1. The van der Waals surface area contributed by atoms with E-state index in [2.05, 4.69) is 25.1 Å². The lowest BCUT2D eigenvalue weighted by atomic mass is 10.1. The molecule has 0 saturated carbocycles. The van der Waals surface area contributed by atoms with Gasteiger partial charge in [0.05, 0.1) is 12.2 Å². The summed E-state index contributed by atoms with van der Waals surface area (Å²) in [6.07, 6.45) is 8.59. The van der Waals surface area contributed by atoms with Crippen LogP contribution in [0.1, 0.15) is 52.5 Å². The number of nitrogens with one attached hydrogen (secondary N) is 2. The molecule has 7 nitrogen and oxygen atoms in total. The smallest absolute Gasteiger partial charge is 0.274 e. The maximum Gasteiger partial charge on any atom is 0.274 e. The molecule has 2 aromatic heterocycles. The summed E-state index contributed by atoms with van der Waals surface area (Å²) >= 11 is 0. The summed E-state index contributed by atoms with van der Waals surface area (Å²) in [7, 11) is 1.84. The van der Waals surface area contributed by atoms with Crippen LogP contribution in [0.15, 0.2) is 6.20 Å². The number of carbonyl (C=O) groups is 1. The third-order valence-electron chi connectivity index (χ3n) is 5.26. The Morgan fingerprint density at radius 3 is 3.04 bits per heavy atom. The Kier molecular flexibility index (Phi) is 4.57. The van der Waals surface area contributed by atoms with E-state index in [-0.39, 0.29) is 5.91 Å². The number of hydrogen-bond donors (Lipinski definition) is 2. The minimum absolute atomic E-state index is 0.0288. The van der Waals surface area contributed by atoms with Crippen molar-refractivity contribution in [3.63, 3.8) is 0 Å². The first-order valence-corrected chi connectivity index (χ1v) is 9.29. The minimum atomic E-state index is -0.0288. The predicted molar refractivity (Wildman–Crippen MR) is 94.4 cm³/mol. The Bertz CT molecular complexity index is 738. The van der Waals surface area contributed by atoms with Crippen molar-refractivity contribution in [3.05, 3.63) is 34.7 Å². The Hall–Kier alpha value is -2.15. The maximum absolute atomic E-state index is 12.8. The number of aromatic nitrogens is 4. The summed E-state index contributed by atoms with van der Waals surface area (Å²) in [5.74, 6) is 0.967. The summed E-state index contributed by atoms with van der Waals surface area (Å²) in [5, 5.41) is 11.0. The number of fused-ring (bicyclic) bond motifs is 2. The molecular weight excluding hydrogens is 316 g/mol. The van der Waals surface area contributed by atoms with E-state index < -0.39 is 0 Å². The van der Waals surface area contributed by atoms with Gasteiger partial charge in [0.2, 0.25) is 0 Å². The second kappa shape index (κ2) is 7.00. The quantitative estimate of drug-likeness (QED) is 0.824. The molecule has 134 valence electrons. The van der Waals surface area contributed by atoms with Crippen LogP contribution in [0.4, 0.5) is 0 Å². The largest absolute Gasteiger partial charge is 0.334 e. The van der Waals surface area contributed by atoms with E-state index in [0.29, 0.717) is 12.2 Å². The number of amides is 1. The number of carbonyl (C=O) groups excluding carboxylic acids is 1. The van der Waals surface area contributed by atoms with E-state index in [9.17, 15) is 4.79 Å². The van der Waals surface area contributed by atoms with Crippen molar-refractivity contribution in [1.82, 2.24) is 30.0 Å². The summed E-state index contributed by atoms with van der Waals surface area (Å²) < 4.78 is 2.10. The highest BCUT2D eigenvalue weighted by Crippen LogP contribution is 2.22. The molecule has 2 aromatic rings. The molecule has 0 saturated heterocycles. The van der Waals surface area contributed by atoms with Crippen molar-refractivity contribution >= 4 is 5.91 Å². The van der Waals surface area contributed by atoms with Crippen molar-refractivity contribution in [2.24, 2.45) is 0 Å². The average molecular weight is 342 g/mol. The SMILES string of the molecule is CN(Cc1n[nH]c2c1CCCCC2)C(=O)c1cn2c(n1)CCNCC2. The lowest BCUT2D eigenvalue weighted by Gasteiger charge is -2.15. The third kappa shape index (κ3) is 3.33. The molecular formula is C18H26N6O. The van der Waals surface area contributed by atoms with Gasteiger partial charge >= 0.3 is 0 Å². The molecule has 1 aliphatic carbocycles. The lowest BCUT2D eigenvalue weighted by Crippen LogP contribution is -2.27. The van der Waals surface area contributed by atoms with Crippen LogP contribution >= 0.6 is 0 Å². The van der Waals surface area contributed by atoms with Crippen LogP contribution < -0.4 is 5.32 Å². The molecule has 1 amide bonds. The molecule has 0 spiro atoms. The van der Waals surface area contributed by atoms with E-state index >= 15 is 0 Å². The van der Waals surface area contributed by atoms with Gasteiger partial charge in [0, 0.05) is 45.0 Å². The van der Waals surface area contributed by atoms with Crippen LogP contribution in [0.3, 0.4) is 0 Å². The van der Waals surface area contributed by atoms with E-state index in [4.69, 9.17) is 0 Å². The molecule has 2 aliphatic rings. The van der Waals surface area contributed by atoms with Crippen molar-refractivity contribution in [2.75, 3.05) is 20.1 Å². The molecule has 0 aromatic carbocycles. The Labute approximate surface area is 147 Å². The summed E-state index contributed by atoms with van der Waals surface area (Å²) in [6.45, 7) is 3.24. The van der Waals surface area contributed by atoms with Crippen LogP contribution in [0.2, 0.25) is 0 Å². The highest BCUT2D eigenvalue weighted by Gasteiger charge is 2.22. The van der Waals surface area contributed by atoms with E-state index in [1.165, 1.54) is 30.5 Å². The first-order chi connectivity index (χ1) is 12.2. The van der Waals surface area contributed by atoms with Crippen LogP contribution in [-0.2, 0) is 32.4 Å². The van der Waals surface area contributed by atoms with Gasteiger partial charge in [0.25, 0.3) is 5.91 Å². The maximum atomic E-state index is 12.8. The first kappa shape index (κ1) is 16.3. The van der Waals surface area contributed by atoms with Gasteiger partial charge in [-0.3, -0.25) is 9.89 Å². The molecule has 0 atom stereocenters. The van der Waals surface area contributed by atoms with Gasteiger partial charge in [0.15, 0.2) is 0 Å². The predicted octanol–water partition coefficient (Wildman–Crippen LogP) is 1.29. The fourth-order valence-corrected chi connectivity index (χ4v) is 3.82. The van der Waals surface area contributed by atoms with E-state index in [0.717, 1.165) is 50.4 Å². The molecule has 0 unspecified atom stereocenters. The molecule has 0 radical (unpaired) electrons. The lowest BCUT2D eigenvalue weighted by molar-refractivity contribution is 0.0777. The number of hydrogen-bond acceptors (Lipinski definition) is 4. The van der Waals surface area contributed by atoms with Crippen LogP contribution in [0.5, 0.6) is 0 Å². The van der Waals surface area contributed by atoms with E-state index in [1.807, 2.05) is 13.2 Å². The van der Waals surface area contributed by atoms with Crippen molar-refractivity contribution < 1.29 is 4.79 Å². The van der Waals surface area contributed by atoms with Crippen LogP contribution in [0, 0.1) is 0 Å². The molecule has 0 bridgehead atoms. The van der Waals surface area contributed by atoms with Gasteiger partial charge in [-0.05, 0) is 31.2 Å². The van der Waals surface area contributed by atoms with Gasteiger partial charge in [-0.25, -0.2) is 4.98 Å². The number of rotatable bonds is 3. The summed E-state index contributed by atoms with van der Waals surface area (Å²) in [4.78, 5) is 19.1. The number of aromatic amines is 1. The van der Waals surface area contributed by atoms with Crippen molar-refractivity contribution in [2.45, 2.75) is 51.6 Å². The molecule has 2 N–H and O–H groups in total. The zero-order chi connectivity index (χ0) is 17.2. The molecule has 4 rings (SSSR count). The molecule has 1 aliphatic heterocycles. The topological polar surface area (TPSA) is 78.8 Å². The summed E-state index contributed by atoms with van der Waals surface area (Å²) in [5.41, 5.74) is 4.14. The molecule has 7 heteroatoms. The second-order valence-corrected chi connectivity index (χ2v) is 7.09. The standard InChI is InChI=1S/C18H26N6O/c1-23(11-15-13-5-3-2-4-6-14(13)21-22-15)18(25)16-12-24-10-9-19-8-7-17(24)20-16/h12,19H,2-11H2,1H3,(H,21,22). The van der Waals surface area contributed by atoms with Gasteiger partial charge in [-0.1, -0.05) is 6.42 Å². The summed E-state index contributed by atoms with van der Waals surface area (Å²) in [6, 6.07) is 0. The van der Waals surface area contributed by atoms with Crippen LogP contribution in [-0.4, -0.2) is 50.7 Å². The van der Waals surface area contributed by atoms with Crippen LogP contribution in [0.25, 0.3) is 0 Å². The highest BCUT2D eigenvalue weighted by molar-refractivity contribution is 5.92. The fraction of sp³-hybridized carbons (Fsp3) is 0.611. The molecule has 3 heterocycles. The number of imidazole rings is 1. The van der Waals surface area contributed by atoms with Gasteiger partial charge < -0.3 is 14.8 Å². The Morgan fingerprint density at radius 2 is 2.12 bits per heavy atom. The van der Waals surface area contributed by atoms with Gasteiger partial charge in [0.1, 0.15) is 11.5 Å². The second-order valence-electron chi connectivity index (χ2n) is 7.09. The fourth-order valence-electron chi connectivity index (χ4n) is 3.82. The molecule has 25 heavy (non-hydrogen) atoms. The Morgan fingerprint density at radius 1 is 1.24 bits per heavy atom. The Balaban J connectivity index is 1.49. The third-order valence-corrected chi connectivity index (χ3v) is 5.26. The van der Waals surface area contributed by atoms with E-state index in [1.54, 1.807) is 4.90 Å².